The van der Waals surface area contributed by atoms with Crippen LogP contribution in [0.4, 0.5) is 11.5 Å². The predicted molar refractivity (Wildman–Crippen MR) is 67.3 cm³/mol. The molecular weight excluding hydrogens is 214 g/mol. The summed E-state index contributed by atoms with van der Waals surface area (Å²) in [6, 6.07) is 13.0. The smallest absolute Gasteiger partial charge is 0.252 e. The summed E-state index contributed by atoms with van der Waals surface area (Å²) in [5, 5.41) is 0. The van der Waals surface area contributed by atoms with Crippen molar-refractivity contribution >= 4 is 17.4 Å². The van der Waals surface area contributed by atoms with E-state index in [2.05, 4.69) is 4.98 Å². The molecular formula is C13H13N3O. The largest absolute Gasteiger partial charge is 0.365 e. The lowest BCUT2D eigenvalue weighted by atomic mass is 10.2. The Morgan fingerprint density at radius 3 is 2.53 bits per heavy atom. The number of amides is 1. The zero-order valence-electron chi connectivity index (χ0n) is 9.50. The van der Waals surface area contributed by atoms with Crippen LogP contribution in [0.25, 0.3) is 0 Å². The van der Waals surface area contributed by atoms with E-state index in [9.17, 15) is 4.79 Å². The van der Waals surface area contributed by atoms with Gasteiger partial charge in [-0.05, 0) is 24.3 Å². The molecule has 0 atom stereocenters. The first-order valence-electron chi connectivity index (χ1n) is 5.24. The van der Waals surface area contributed by atoms with Crippen molar-refractivity contribution in [3.8, 4) is 0 Å². The van der Waals surface area contributed by atoms with E-state index in [1.165, 1.54) is 0 Å². The van der Waals surface area contributed by atoms with Gasteiger partial charge in [-0.25, -0.2) is 4.98 Å². The molecule has 1 heterocycles. The van der Waals surface area contributed by atoms with Gasteiger partial charge in [-0.2, -0.15) is 0 Å². The molecule has 1 aromatic heterocycles. The van der Waals surface area contributed by atoms with Crippen molar-refractivity contribution in [1.82, 2.24) is 4.98 Å². The normalized spacial score (nSPS) is 9.94. The number of hydrogen-bond donors (Lipinski definition) is 1. The number of para-hydroxylation sites is 1. The van der Waals surface area contributed by atoms with Gasteiger partial charge in [0.15, 0.2) is 0 Å². The summed E-state index contributed by atoms with van der Waals surface area (Å²) in [4.78, 5) is 17.3. The van der Waals surface area contributed by atoms with Crippen molar-refractivity contribution < 1.29 is 4.79 Å². The van der Waals surface area contributed by atoms with E-state index in [1.807, 2.05) is 42.3 Å². The van der Waals surface area contributed by atoms with Gasteiger partial charge in [0.2, 0.25) is 0 Å². The molecule has 0 bridgehead atoms. The van der Waals surface area contributed by atoms with E-state index in [4.69, 9.17) is 5.73 Å². The van der Waals surface area contributed by atoms with E-state index in [1.54, 1.807) is 18.3 Å². The lowest BCUT2D eigenvalue weighted by Crippen LogP contribution is -2.19. The molecule has 0 spiro atoms. The Morgan fingerprint density at radius 2 is 1.88 bits per heavy atom. The average Bonchev–Trinajstić information content (AvgIpc) is 2.39. The van der Waals surface area contributed by atoms with Crippen LogP contribution in [0.2, 0.25) is 0 Å². The predicted octanol–water partition coefficient (Wildman–Crippen LogP) is 1.95. The maximum absolute atomic E-state index is 11.3. The summed E-state index contributed by atoms with van der Waals surface area (Å²) in [5.41, 5.74) is 6.69. The molecule has 17 heavy (non-hydrogen) atoms. The van der Waals surface area contributed by atoms with E-state index in [0.29, 0.717) is 11.4 Å². The molecule has 86 valence electrons. The van der Waals surface area contributed by atoms with Crippen molar-refractivity contribution in [2.24, 2.45) is 5.73 Å². The number of carbonyl (C=O) groups is 1. The molecule has 1 aromatic carbocycles. The minimum atomic E-state index is -0.476. The monoisotopic (exact) mass is 227 g/mol. The fraction of sp³-hybridized carbons (Fsp3) is 0.0769. The molecule has 4 heteroatoms. The number of hydrogen-bond acceptors (Lipinski definition) is 3. The van der Waals surface area contributed by atoms with E-state index in [-0.39, 0.29) is 0 Å². The lowest BCUT2D eigenvalue weighted by molar-refractivity contribution is 0.100. The van der Waals surface area contributed by atoms with Crippen molar-refractivity contribution in [3.63, 3.8) is 0 Å². The van der Waals surface area contributed by atoms with Gasteiger partial charge in [-0.15, -0.1) is 0 Å². The Labute approximate surface area is 99.7 Å². The third-order valence-electron chi connectivity index (χ3n) is 2.51. The number of nitrogens with zero attached hydrogens (tertiary/aromatic N) is 2. The van der Waals surface area contributed by atoms with Crippen LogP contribution >= 0.6 is 0 Å². The third kappa shape index (κ3) is 2.25. The summed E-state index contributed by atoms with van der Waals surface area (Å²) >= 11 is 0. The second-order valence-corrected chi connectivity index (χ2v) is 3.63. The van der Waals surface area contributed by atoms with Gasteiger partial charge in [0.05, 0.1) is 5.56 Å². The second-order valence-electron chi connectivity index (χ2n) is 3.63. The van der Waals surface area contributed by atoms with Gasteiger partial charge in [0.25, 0.3) is 5.91 Å². The molecule has 0 saturated carbocycles. The number of carbonyl (C=O) groups excluding carboxylic acids is 1. The number of rotatable bonds is 3. The number of aromatic nitrogens is 1. The zero-order valence-corrected chi connectivity index (χ0v) is 9.50. The summed E-state index contributed by atoms with van der Waals surface area (Å²) in [7, 11) is 1.85. The Bertz CT molecular complexity index is 525. The highest BCUT2D eigenvalue weighted by Gasteiger charge is 2.13. The van der Waals surface area contributed by atoms with Crippen LogP contribution in [0.15, 0.2) is 48.7 Å². The number of benzene rings is 1. The molecule has 2 aromatic rings. The highest BCUT2D eigenvalue weighted by molar-refractivity contribution is 5.98. The summed E-state index contributed by atoms with van der Waals surface area (Å²) in [6.07, 6.45) is 1.64. The minimum Gasteiger partial charge on any atom is -0.365 e. The Kier molecular flexibility index (Phi) is 3.05. The second kappa shape index (κ2) is 4.65. The molecule has 0 fully saturated rings. The zero-order chi connectivity index (χ0) is 12.3. The molecule has 0 aliphatic rings. The van der Waals surface area contributed by atoms with Crippen molar-refractivity contribution in [2.45, 2.75) is 0 Å². The van der Waals surface area contributed by atoms with Gasteiger partial charge in [-0.3, -0.25) is 4.79 Å². The van der Waals surface area contributed by atoms with Crippen LogP contribution < -0.4 is 10.6 Å². The van der Waals surface area contributed by atoms with Crippen LogP contribution in [-0.4, -0.2) is 17.9 Å². The molecule has 0 aliphatic carbocycles. The number of anilines is 2. The standard InChI is InChI=1S/C13H13N3O/c1-16(10-6-3-2-4-7-10)13-11(12(14)17)8-5-9-15-13/h2-9H,1H3,(H2,14,17). The van der Waals surface area contributed by atoms with Gasteiger partial charge in [0.1, 0.15) is 5.82 Å². The molecule has 4 nitrogen and oxygen atoms in total. The first-order valence-corrected chi connectivity index (χ1v) is 5.24. The first kappa shape index (κ1) is 11.1. The van der Waals surface area contributed by atoms with Crippen LogP contribution in [-0.2, 0) is 0 Å². The Hall–Kier alpha value is -2.36. The first-order chi connectivity index (χ1) is 8.20. The van der Waals surface area contributed by atoms with Crippen LogP contribution in [0.1, 0.15) is 10.4 Å². The van der Waals surface area contributed by atoms with E-state index in [0.717, 1.165) is 5.69 Å². The SMILES string of the molecule is CN(c1ccccc1)c1ncccc1C(N)=O. The Balaban J connectivity index is 2.44. The summed E-state index contributed by atoms with van der Waals surface area (Å²) < 4.78 is 0. The molecule has 2 rings (SSSR count). The van der Waals surface area contributed by atoms with Crippen molar-refractivity contribution in [3.05, 3.63) is 54.2 Å². The molecule has 0 saturated heterocycles. The topological polar surface area (TPSA) is 59.2 Å². The van der Waals surface area contributed by atoms with Crippen molar-refractivity contribution in [2.75, 3.05) is 11.9 Å². The van der Waals surface area contributed by atoms with Gasteiger partial charge < -0.3 is 10.6 Å². The van der Waals surface area contributed by atoms with Gasteiger partial charge >= 0.3 is 0 Å². The maximum Gasteiger partial charge on any atom is 0.252 e. The van der Waals surface area contributed by atoms with Gasteiger partial charge in [0, 0.05) is 18.9 Å². The lowest BCUT2D eigenvalue weighted by Gasteiger charge is -2.19. The van der Waals surface area contributed by atoms with Crippen LogP contribution in [0, 0.1) is 0 Å². The summed E-state index contributed by atoms with van der Waals surface area (Å²) in [5.74, 6) is 0.0853. The molecule has 1 amide bonds. The molecule has 0 radical (unpaired) electrons. The van der Waals surface area contributed by atoms with Crippen LogP contribution in [0.3, 0.4) is 0 Å². The maximum atomic E-state index is 11.3. The summed E-state index contributed by atoms with van der Waals surface area (Å²) in [6.45, 7) is 0. The van der Waals surface area contributed by atoms with Gasteiger partial charge in [-0.1, -0.05) is 18.2 Å². The fourth-order valence-electron chi connectivity index (χ4n) is 1.63. The quantitative estimate of drug-likeness (QED) is 0.871. The molecule has 0 aliphatic heterocycles. The van der Waals surface area contributed by atoms with Crippen molar-refractivity contribution in [1.29, 1.82) is 0 Å². The third-order valence-corrected chi connectivity index (χ3v) is 2.51. The van der Waals surface area contributed by atoms with E-state index >= 15 is 0 Å². The molecule has 2 N–H and O–H groups in total. The number of pyridine rings is 1. The highest BCUT2D eigenvalue weighted by atomic mass is 16.1. The van der Waals surface area contributed by atoms with E-state index < -0.39 is 5.91 Å². The fourth-order valence-corrected chi connectivity index (χ4v) is 1.63. The average molecular weight is 227 g/mol. The Morgan fingerprint density at radius 1 is 1.18 bits per heavy atom. The molecule has 0 unspecified atom stereocenters. The highest BCUT2D eigenvalue weighted by Crippen LogP contribution is 2.23. The number of primary amides is 1. The number of nitrogens with two attached hydrogens (primary N) is 1. The van der Waals surface area contributed by atoms with Crippen LogP contribution in [0.5, 0.6) is 0 Å². The minimum absolute atomic E-state index is 0.416.